The smallest absolute Gasteiger partial charge is 0.0656 e. The highest BCUT2D eigenvalue weighted by atomic mass is 35.5. The van der Waals surface area contributed by atoms with Crippen LogP contribution in [0, 0.1) is 17.8 Å². The van der Waals surface area contributed by atoms with Gasteiger partial charge in [0.1, 0.15) is 0 Å². The van der Waals surface area contributed by atoms with Gasteiger partial charge in [-0.3, -0.25) is 4.99 Å². The van der Waals surface area contributed by atoms with Crippen molar-refractivity contribution in [3.8, 4) is 11.4 Å². The van der Waals surface area contributed by atoms with Gasteiger partial charge in [-0.1, -0.05) is 6.92 Å². The van der Waals surface area contributed by atoms with Crippen LogP contribution in [0.1, 0.15) is 56.7 Å². The number of H-pyrrole nitrogens is 2. The molecule has 4 fully saturated rings. The summed E-state index contributed by atoms with van der Waals surface area (Å²) in [6.45, 7) is 2.22. The summed E-state index contributed by atoms with van der Waals surface area (Å²) in [7, 11) is 0. The zero-order valence-electron chi connectivity index (χ0n) is 14.9. The zero-order chi connectivity index (χ0) is 16.1. The lowest BCUT2D eigenvalue weighted by Gasteiger charge is -2.54. The van der Waals surface area contributed by atoms with E-state index in [2.05, 4.69) is 41.3 Å². The second-order valence-electron chi connectivity index (χ2n) is 8.46. The van der Waals surface area contributed by atoms with Crippen molar-refractivity contribution in [1.82, 2.24) is 9.97 Å². The van der Waals surface area contributed by atoms with Crippen molar-refractivity contribution in [2.45, 2.75) is 57.4 Å². The normalized spacial score (nSPS) is 33.1. The van der Waals surface area contributed by atoms with Crippen LogP contribution in [0.4, 0.5) is 0 Å². The highest BCUT2D eigenvalue weighted by molar-refractivity contribution is 5.85. The molecule has 0 saturated heterocycles. The van der Waals surface area contributed by atoms with E-state index in [1.165, 1.54) is 55.5 Å². The molecule has 0 unspecified atom stereocenters. The van der Waals surface area contributed by atoms with Crippen LogP contribution >= 0.6 is 12.4 Å². The number of aromatic amines is 2. The lowest BCUT2D eigenvalue weighted by atomic mass is 9.53. The number of rotatable bonds is 4. The van der Waals surface area contributed by atoms with Gasteiger partial charge >= 0.3 is 0 Å². The second-order valence-corrected chi connectivity index (χ2v) is 8.46. The van der Waals surface area contributed by atoms with Gasteiger partial charge in [0.25, 0.3) is 0 Å². The summed E-state index contributed by atoms with van der Waals surface area (Å²) in [6.07, 6.45) is 13.6. The maximum atomic E-state index is 5.19. The third kappa shape index (κ3) is 2.97. The summed E-state index contributed by atoms with van der Waals surface area (Å²) >= 11 is 0. The molecular formula is C21H28ClN3. The molecule has 4 aliphatic carbocycles. The minimum Gasteiger partial charge on any atom is -0.360 e. The topological polar surface area (TPSA) is 43.9 Å². The van der Waals surface area contributed by atoms with Crippen molar-refractivity contribution in [2.24, 2.45) is 22.7 Å². The summed E-state index contributed by atoms with van der Waals surface area (Å²) in [6, 6.07) is 6.46. The van der Waals surface area contributed by atoms with Gasteiger partial charge in [0.2, 0.25) is 0 Å². The first-order valence-corrected chi connectivity index (χ1v) is 9.64. The summed E-state index contributed by atoms with van der Waals surface area (Å²) in [5, 5.41) is 0. The number of nitrogens with one attached hydrogen (secondary N) is 2. The Morgan fingerprint density at radius 1 is 1.16 bits per heavy atom. The predicted molar refractivity (Wildman–Crippen MR) is 106 cm³/mol. The van der Waals surface area contributed by atoms with Crippen LogP contribution in [0.15, 0.2) is 29.4 Å². The maximum absolute atomic E-state index is 5.19. The van der Waals surface area contributed by atoms with E-state index >= 15 is 0 Å². The molecule has 2 aromatic rings. The molecule has 0 radical (unpaired) electrons. The molecule has 0 aromatic carbocycles. The third-order valence-corrected chi connectivity index (χ3v) is 6.65. The van der Waals surface area contributed by atoms with E-state index in [9.17, 15) is 0 Å². The molecule has 0 spiro atoms. The number of nitrogens with zero attached hydrogens (tertiary/aromatic N) is 1. The first-order valence-electron chi connectivity index (χ1n) is 9.64. The van der Waals surface area contributed by atoms with Crippen LogP contribution in [0.25, 0.3) is 11.4 Å². The van der Waals surface area contributed by atoms with Gasteiger partial charge in [-0.15, -0.1) is 12.4 Å². The SMILES string of the molecule is CCc1cc(C=NC23CC4CC(CC(C4)C2)C3)[nH]c1-c1ccc[nH]1.Cl. The molecule has 4 heteroatoms. The summed E-state index contributed by atoms with van der Waals surface area (Å²) in [4.78, 5) is 12.1. The van der Waals surface area contributed by atoms with E-state index < -0.39 is 0 Å². The first kappa shape index (κ1) is 17.0. The molecule has 4 aliphatic rings. The molecule has 6 rings (SSSR count). The van der Waals surface area contributed by atoms with E-state index in [4.69, 9.17) is 4.99 Å². The van der Waals surface area contributed by atoms with Crippen molar-refractivity contribution < 1.29 is 0 Å². The van der Waals surface area contributed by atoms with Gasteiger partial charge in [-0.25, -0.2) is 0 Å². The Morgan fingerprint density at radius 3 is 2.40 bits per heavy atom. The second kappa shape index (κ2) is 6.35. The maximum Gasteiger partial charge on any atom is 0.0656 e. The predicted octanol–water partition coefficient (Wildman–Crippen LogP) is 5.38. The molecule has 2 aromatic heterocycles. The third-order valence-electron chi connectivity index (χ3n) is 6.65. The number of hydrogen-bond acceptors (Lipinski definition) is 1. The monoisotopic (exact) mass is 357 g/mol. The van der Waals surface area contributed by atoms with E-state index in [1.54, 1.807) is 0 Å². The molecule has 25 heavy (non-hydrogen) atoms. The van der Waals surface area contributed by atoms with Crippen LogP contribution in [0.5, 0.6) is 0 Å². The quantitative estimate of drug-likeness (QED) is 0.690. The molecule has 2 heterocycles. The van der Waals surface area contributed by atoms with Gasteiger partial charge in [0.05, 0.1) is 22.6 Å². The van der Waals surface area contributed by atoms with Crippen LogP contribution in [-0.2, 0) is 6.42 Å². The average molecular weight is 358 g/mol. The van der Waals surface area contributed by atoms with Gasteiger partial charge in [-0.2, -0.15) is 0 Å². The Bertz CT molecular complexity index is 721. The minimum atomic E-state index is 0. The highest BCUT2D eigenvalue weighted by Crippen LogP contribution is 2.57. The average Bonchev–Trinajstić information content (AvgIpc) is 3.21. The Kier molecular flexibility index (Phi) is 4.31. The van der Waals surface area contributed by atoms with E-state index in [-0.39, 0.29) is 17.9 Å². The molecule has 3 nitrogen and oxygen atoms in total. The van der Waals surface area contributed by atoms with E-state index in [1.807, 2.05) is 6.20 Å². The van der Waals surface area contributed by atoms with Gasteiger partial charge < -0.3 is 9.97 Å². The van der Waals surface area contributed by atoms with Crippen molar-refractivity contribution in [3.05, 3.63) is 35.7 Å². The first-order chi connectivity index (χ1) is 11.7. The van der Waals surface area contributed by atoms with Crippen molar-refractivity contribution in [3.63, 3.8) is 0 Å². The lowest BCUT2D eigenvalue weighted by Crippen LogP contribution is -2.49. The van der Waals surface area contributed by atoms with E-state index in [0.29, 0.717) is 0 Å². The fraction of sp³-hybridized carbons (Fsp3) is 0.571. The number of aromatic nitrogens is 2. The van der Waals surface area contributed by atoms with Crippen LogP contribution in [0.2, 0.25) is 0 Å². The molecule has 134 valence electrons. The van der Waals surface area contributed by atoms with E-state index in [0.717, 1.165) is 29.9 Å². The minimum absolute atomic E-state index is 0. The lowest BCUT2D eigenvalue weighted by molar-refractivity contribution is 0.00194. The Morgan fingerprint density at radius 2 is 1.84 bits per heavy atom. The summed E-state index contributed by atoms with van der Waals surface area (Å²) < 4.78 is 0. The van der Waals surface area contributed by atoms with Gasteiger partial charge in [0.15, 0.2) is 0 Å². The molecule has 0 amide bonds. The summed E-state index contributed by atoms with van der Waals surface area (Å²) in [5.41, 5.74) is 5.17. The van der Waals surface area contributed by atoms with Crippen molar-refractivity contribution in [2.75, 3.05) is 0 Å². The number of hydrogen-bond donors (Lipinski definition) is 2. The number of aliphatic imine (C=N–C) groups is 1. The van der Waals surface area contributed by atoms with Crippen LogP contribution in [-0.4, -0.2) is 21.7 Å². The largest absolute Gasteiger partial charge is 0.360 e. The Hall–Kier alpha value is -1.48. The molecular weight excluding hydrogens is 330 g/mol. The van der Waals surface area contributed by atoms with Crippen LogP contribution < -0.4 is 0 Å². The fourth-order valence-corrected chi connectivity index (χ4v) is 6.02. The molecule has 4 saturated carbocycles. The van der Waals surface area contributed by atoms with Crippen molar-refractivity contribution >= 4 is 18.6 Å². The standard InChI is InChI=1S/C21H27N3.ClH/c1-2-17-9-18(24-20(17)19-4-3-5-22-19)13-23-21-10-14-6-15(11-21)8-16(7-14)12-21;/h3-5,9,13-16,22,24H,2,6-8,10-12H2,1H3;1H. The highest BCUT2D eigenvalue weighted by Gasteiger charge is 2.50. The van der Waals surface area contributed by atoms with Gasteiger partial charge in [0, 0.05) is 12.4 Å². The van der Waals surface area contributed by atoms with Crippen LogP contribution in [0.3, 0.4) is 0 Å². The molecule has 0 aliphatic heterocycles. The Balaban J connectivity index is 0.00000157. The zero-order valence-corrected chi connectivity index (χ0v) is 15.7. The molecule has 0 atom stereocenters. The molecule has 2 N–H and O–H groups in total. The fourth-order valence-electron chi connectivity index (χ4n) is 6.02. The number of aryl methyl sites for hydroxylation is 1. The molecule has 4 bridgehead atoms. The summed E-state index contributed by atoms with van der Waals surface area (Å²) in [5.74, 6) is 2.87. The van der Waals surface area contributed by atoms with Crippen molar-refractivity contribution in [1.29, 1.82) is 0 Å². The number of halogens is 1. The Labute approximate surface area is 156 Å². The van der Waals surface area contributed by atoms with Gasteiger partial charge in [-0.05, 0) is 86.5 Å².